The number of ether oxygens (including phenoxy) is 8. The first-order valence-corrected chi connectivity index (χ1v) is 23.9. The molecule has 0 aromatic rings. The number of fused-ring (bicyclic) bond motifs is 4. The molecule has 5 heterocycles. The first-order chi connectivity index (χ1) is 29.9. The fourth-order valence-corrected chi connectivity index (χ4v) is 15.8. The van der Waals surface area contributed by atoms with Gasteiger partial charge >= 0.3 is 0 Å². The van der Waals surface area contributed by atoms with Crippen LogP contribution in [0.5, 0.6) is 0 Å². The molecule has 0 unspecified atom stereocenters. The van der Waals surface area contributed by atoms with E-state index in [4.69, 9.17) is 37.9 Å². The van der Waals surface area contributed by atoms with E-state index in [1.165, 1.54) is 6.92 Å². The van der Waals surface area contributed by atoms with E-state index >= 15 is 0 Å². The highest BCUT2D eigenvalue weighted by Crippen LogP contribution is 2.80. The zero-order valence-electron chi connectivity index (χ0n) is 38.7. The summed E-state index contributed by atoms with van der Waals surface area (Å²) < 4.78 is 51.0. The molecule has 25 atom stereocenters. The maximum absolute atomic E-state index is 12.2. The van der Waals surface area contributed by atoms with E-state index in [0.29, 0.717) is 25.4 Å². The minimum Gasteiger partial charge on any atom is -0.394 e. The maximum Gasteiger partial charge on any atom is 0.187 e. The first kappa shape index (κ1) is 48.1. The Balaban J connectivity index is 0.976. The van der Waals surface area contributed by atoms with Gasteiger partial charge in [0.1, 0.15) is 61.0 Å². The average Bonchev–Trinajstić information content (AvgIpc) is 3.74. The van der Waals surface area contributed by atoms with Crippen molar-refractivity contribution in [2.75, 3.05) is 19.8 Å². The Morgan fingerprint density at radius 3 is 2.09 bits per heavy atom. The highest BCUT2D eigenvalue weighted by molar-refractivity contribution is 5.26. The molecule has 0 radical (unpaired) electrons. The Kier molecular flexibility index (Phi) is 12.5. The molecule has 4 saturated carbocycles. The van der Waals surface area contributed by atoms with E-state index in [1.807, 2.05) is 6.92 Å². The van der Waals surface area contributed by atoms with Crippen molar-refractivity contribution in [3.05, 3.63) is 11.6 Å². The quantitative estimate of drug-likeness (QED) is 0.122. The summed E-state index contributed by atoms with van der Waals surface area (Å²) in [6.45, 7) is 16.7. The monoisotopic (exact) mass is 913 g/mol. The van der Waals surface area contributed by atoms with E-state index < -0.39 is 116 Å². The summed E-state index contributed by atoms with van der Waals surface area (Å²) >= 11 is 0. The van der Waals surface area contributed by atoms with Crippen molar-refractivity contribution in [3.63, 3.8) is 0 Å². The van der Waals surface area contributed by atoms with Gasteiger partial charge in [-0.1, -0.05) is 39.3 Å². The molecule has 9 N–H and O–H groups in total. The highest BCUT2D eigenvalue weighted by atomic mass is 16.8. The summed E-state index contributed by atoms with van der Waals surface area (Å²) in [5.74, 6) is -0.0474. The minimum atomic E-state index is -1.80. The van der Waals surface area contributed by atoms with Crippen molar-refractivity contribution in [3.8, 4) is 0 Å². The van der Waals surface area contributed by atoms with Crippen LogP contribution in [0.15, 0.2) is 11.6 Å². The topological polar surface area (TPSA) is 256 Å². The molecule has 17 nitrogen and oxygen atoms in total. The summed E-state index contributed by atoms with van der Waals surface area (Å²) in [7, 11) is 0. The van der Waals surface area contributed by atoms with Gasteiger partial charge in [0, 0.05) is 24.2 Å². The molecule has 64 heavy (non-hydrogen) atoms. The third-order valence-electron chi connectivity index (χ3n) is 18.7. The zero-order chi connectivity index (χ0) is 46.3. The molecule has 9 aliphatic rings. The smallest absolute Gasteiger partial charge is 0.187 e. The van der Waals surface area contributed by atoms with Crippen LogP contribution in [0.1, 0.15) is 107 Å². The van der Waals surface area contributed by atoms with Crippen LogP contribution >= 0.6 is 0 Å². The van der Waals surface area contributed by atoms with Crippen molar-refractivity contribution in [1.82, 2.24) is 0 Å². The fraction of sp³-hybridized carbons (Fsp3) is 0.957. The maximum atomic E-state index is 12.2. The average molecular weight is 913 g/mol. The van der Waals surface area contributed by atoms with E-state index in [9.17, 15) is 46.0 Å². The highest BCUT2D eigenvalue weighted by Gasteiger charge is 2.81. The molecule has 2 bridgehead atoms. The molecule has 5 aliphatic heterocycles. The summed E-state index contributed by atoms with van der Waals surface area (Å²) in [6.07, 6.45) is -12.6. The number of allylic oxidation sites excluding steroid dienone is 1. The van der Waals surface area contributed by atoms with Crippen LogP contribution in [0.2, 0.25) is 0 Å². The third kappa shape index (κ3) is 7.19. The molecule has 5 saturated heterocycles. The van der Waals surface area contributed by atoms with E-state index in [0.717, 1.165) is 44.1 Å². The van der Waals surface area contributed by atoms with Crippen LogP contribution in [0.3, 0.4) is 0 Å². The second-order valence-corrected chi connectivity index (χ2v) is 23.0. The van der Waals surface area contributed by atoms with E-state index in [-0.39, 0.29) is 46.7 Å². The molecule has 0 amide bonds. The van der Waals surface area contributed by atoms with Gasteiger partial charge in [-0.05, 0) is 100 Å². The summed E-state index contributed by atoms with van der Waals surface area (Å²) in [5, 5.41) is 97.8. The Morgan fingerprint density at radius 1 is 0.734 bits per heavy atom. The molecule has 0 aromatic heterocycles. The Labute approximate surface area is 376 Å². The number of hydrogen-bond donors (Lipinski definition) is 9. The largest absolute Gasteiger partial charge is 0.394 e. The molecular formula is C47H76O17. The van der Waals surface area contributed by atoms with Crippen LogP contribution in [0.4, 0.5) is 0 Å². The van der Waals surface area contributed by atoms with Gasteiger partial charge in [-0.2, -0.15) is 0 Å². The molecular weight excluding hydrogens is 836 g/mol. The van der Waals surface area contributed by atoms with Gasteiger partial charge in [-0.25, -0.2) is 0 Å². The van der Waals surface area contributed by atoms with Crippen LogP contribution in [0, 0.1) is 45.3 Å². The zero-order valence-corrected chi connectivity index (χ0v) is 38.7. The third-order valence-corrected chi connectivity index (χ3v) is 18.7. The summed E-state index contributed by atoms with van der Waals surface area (Å²) in [4.78, 5) is 0. The molecule has 366 valence electrons. The van der Waals surface area contributed by atoms with Crippen molar-refractivity contribution in [1.29, 1.82) is 0 Å². The van der Waals surface area contributed by atoms with Crippen LogP contribution in [-0.4, -0.2) is 175 Å². The lowest BCUT2D eigenvalue weighted by atomic mass is 9.35. The van der Waals surface area contributed by atoms with Crippen LogP contribution in [0.25, 0.3) is 0 Å². The van der Waals surface area contributed by atoms with Gasteiger partial charge in [-0.3, -0.25) is 0 Å². The Bertz CT molecular complexity index is 1740. The predicted octanol–water partition coefficient (Wildman–Crippen LogP) is 0.994. The molecule has 17 heteroatoms. The lowest BCUT2D eigenvalue weighted by molar-refractivity contribution is -0.388. The van der Waals surface area contributed by atoms with Gasteiger partial charge in [0.25, 0.3) is 0 Å². The second kappa shape index (κ2) is 16.6. The van der Waals surface area contributed by atoms with Crippen molar-refractivity contribution < 1.29 is 83.9 Å². The summed E-state index contributed by atoms with van der Waals surface area (Å²) in [6, 6.07) is 0. The fourth-order valence-electron chi connectivity index (χ4n) is 15.8. The standard InChI is InChI=1S/C47H76O17/c1-21(2)15-23-16-45(8,56)38-24-9-10-28-43(6)13-12-29(42(4,5)27(43)11-14-44(28,7)46(24)19-47(38,64-23)58-20-46)61-41-37(63-40-35(55)33(53)31(51)26(17-48)60-40)36(25(49)18-57-41)62-39-34(54)32(52)30(50)22(3)59-39/h15,22-41,48-56H,9-14,16-20H2,1-8H3/t22-,23-,24+,25-,26+,27+,28+,29-,30+,31+,32+,33-,34+,35+,36-,37-,38-,39-,40-,41-,43-,44+,45-,46-,47-/m0/s1. The number of aliphatic hydroxyl groups is 9. The van der Waals surface area contributed by atoms with Crippen LogP contribution < -0.4 is 0 Å². The van der Waals surface area contributed by atoms with Gasteiger partial charge in [0.05, 0.1) is 43.7 Å². The minimum absolute atomic E-state index is 0.0678. The number of aliphatic hydroxyl groups excluding tert-OH is 8. The van der Waals surface area contributed by atoms with E-state index in [1.54, 1.807) is 0 Å². The molecule has 2 spiro atoms. The number of hydrogen-bond acceptors (Lipinski definition) is 17. The van der Waals surface area contributed by atoms with Gasteiger partial charge in [0.15, 0.2) is 24.7 Å². The lowest BCUT2D eigenvalue weighted by Crippen LogP contribution is -2.68. The Morgan fingerprint density at radius 2 is 1.41 bits per heavy atom. The Hall–Kier alpha value is -0.940. The second-order valence-electron chi connectivity index (χ2n) is 23.0. The normalized spacial score (nSPS) is 57.8. The van der Waals surface area contributed by atoms with Crippen molar-refractivity contribution in [2.45, 2.75) is 216 Å². The van der Waals surface area contributed by atoms with E-state index in [2.05, 4.69) is 47.6 Å². The SMILES string of the molecule is CC(C)=C[C@H]1C[C@](C)(O)[C@@H]2[C@H]3CC[C@@H]4[C@@]5(C)CC[C@H](O[C@@H]6OC[C@H](O)[C@H](O[C@@H]7O[C@@H](C)[C@@H](O)[C@@H](O)[C@H]7O)[C@@H]6O[C@@H]6O[C@H](CO)[C@@H](O)[C@H](O)[C@H]6O)C(C)(C)[C@H]5CC[C@@]4(C)[C@@]34CO[C@@]2(C4)O1. The number of rotatable bonds is 8. The van der Waals surface area contributed by atoms with Crippen LogP contribution in [-0.2, 0) is 37.9 Å². The van der Waals surface area contributed by atoms with Crippen molar-refractivity contribution >= 4 is 0 Å². The van der Waals surface area contributed by atoms with Gasteiger partial charge in [0.2, 0.25) is 0 Å². The molecule has 9 rings (SSSR count). The lowest BCUT2D eigenvalue weighted by Gasteiger charge is -2.70. The summed E-state index contributed by atoms with van der Waals surface area (Å²) in [5.41, 5.74) is -0.486. The van der Waals surface area contributed by atoms with Gasteiger partial charge in [-0.15, -0.1) is 0 Å². The molecule has 0 aromatic carbocycles. The molecule has 9 fully saturated rings. The van der Waals surface area contributed by atoms with Gasteiger partial charge < -0.3 is 83.9 Å². The van der Waals surface area contributed by atoms with Crippen molar-refractivity contribution in [2.24, 2.45) is 45.3 Å². The first-order valence-electron chi connectivity index (χ1n) is 23.9. The molecule has 4 aliphatic carbocycles. The predicted molar refractivity (Wildman–Crippen MR) is 223 cm³/mol.